The summed E-state index contributed by atoms with van der Waals surface area (Å²) in [4.78, 5) is 15.8. The molecule has 10 heteroatoms. The number of nitrogens with one attached hydrogen (secondary N) is 3. The summed E-state index contributed by atoms with van der Waals surface area (Å²) in [6, 6.07) is 10.2. The Hall–Kier alpha value is -3.95. The summed E-state index contributed by atoms with van der Waals surface area (Å²) in [6.07, 6.45) is -3.01. The molecule has 4 aromatic rings. The molecule has 0 amide bonds. The second-order valence-electron chi connectivity index (χ2n) is 7.41. The first kappa shape index (κ1) is 19.0. The summed E-state index contributed by atoms with van der Waals surface area (Å²) in [5, 5.41) is 11.1. The highest BCUT2D eigenvalue weighted by atomic mass is 19.4. The molecule has 1 atom stereocenters. The molecule has 0 aliphatic carbocycles. The van der Waals surface area contributed by atoms with Crippen LogP contribution in [0.4, 0.5) is 30.4 Å². The van der Waals surface area contributed by atoms with Crippen molar-refractivity contribution in [3.8, 4) is 5.69 Å². The molecule has 31 heavy (non-hydrogen) atoms. The quantitative estimate of drug-likeness (QED) is 0.365. The Bertz CT molecular complexity index is 1340. The van der Waals surface area contributed by atoms with Crippen LogP contribution >= 0.6 is 0 Å². The molecule has 0 radical (unpaired) electrons. The van der Waals surface area contributed by atoms with Gasteiger partial charge in [-0.25, -0.2) is 4.68 Å². The Kier molecular flexibility index (Phi) is 4.01. The number of fused-ring (bicyclic) bond motifs is 2. The topological polar surface area (TPSA) is 101 Å². The number of aromatic nitrogens is 3. The van der Waals surface area contributed by atoms with Gasteiger partial charge in [0, 0.05) is 10.9 Å². The molecule has 158 valence electrons. The number of nitrogens with two attached hydrogens (primary N) is 1. The number of carbonyl (C=O) groups excluding carboxylic acids is 1. The molecule has 7 nitrogen and oxygen atoms in total. The summed E-state index contributed by atoms with van der Waals surface area (Å²) < 4.78 is 40.3. The minimum Gasteiger partial charge on any atom is -0.383 e. The molecule has 0 spiro atoms. The van der Waals surface area contributed by atoms with Crippen LogP contribution in [-0.4, -0.2) is 26.7 Å². The smallest absolute Gasteiger partial charge is 0.383 e. The molecule has 1 unspecified atom stereocenters. The summed E-state index contributed by atoms with van der Waals surface area (Å²) >= 11 is 0. The number of hydrogen-bond donors (Lipinski definition) is 4. The number of halogens is 3. The van der Waals surface area contributed by atoms with E-state index in [1.165, 1.54) is 23.0 Å². The summed E-state index contributed by atoms with van der Waals surface area (Å²) in [7, 11) is 0. The lowest BCUT2D eigenvalue weighted by Crippen LogP contribution is -2.16. The summed E-state index contributed by atoms with van der Waals surface area (Å²) in [5.74, 6) is -0.318. The Morgan fingerprint density at radius 3 is 2.65 bits per heavy atom. The molecular formula is C21H17F3N6O. The molecule has 5 rings (SSSR count). The number of ketones is 1. The number of H-pyrrole nitrogens is 1. The number of benzene rings is 2. The zero-order valence-electron chi connectivity index (χ0n) is 16.2. The van der Waals surface area contributed by atoms with Gasteiger partial charge < -0.3 is 21.4 Å². The maximum atomic E-state index is 13.0. The number of carbonyl (C=O) groups is 1. The molecule has 2 aromatic heterocycles. The molecule has 5 N–H and O–H groups in total. The number of rotatable bonds is 3. The van der Waals surface area contributed by atoms with E-state index in [0.717, 1.165) is 23.5 Å². The normalized spacial score (nSPS) is 15.5. The van der Waals surface area contributed by atoms with Crippen molar-refractivity contribution in [2.24, 2.45) is 0 Å². The van der Waals surface area contributed by atoms with Crippen LogP contribution in [0.2, 0.25) is 0 Å². The minimum atomic E-state index is -4.46. The second-order valence-corrected chi connectivity index (χ2v) is 7.41. The van der Waals surface area contributed by atoms with Gasteiger partial charge in [0.05, 0.1) is 46.2 Å². The van der Waals surface area contributed by atoms with Gasteiger partial charge in [0.25, 0.3) is 0 Å². The van der Waals surface area contributed by atoms with Gasteiger partial charge in [0.1, 0.15) is 5.82 Å². The van der Waals surface area contributed by atoms with Gasteiger partial charge in [-0.2, -0.15) is 18.3 Å². The predicted octanol–water partition coefficient (Wildman–Crippen LogP) is 4.37. The minimum absolute atomic E-state index is 0.0947. The average molecular weight is 426 g/mol. The molecule has 1 aliphatic heterocycles. The lowest BCUT2D eigenvalue weighted by atomic mass is 10.1. The van der Waals surface area contributed by atoms with E-state index in [1.54, 1.807) is 0 Å². The molecule has 1 aliphatic rings. The van der Waals surface area contributed by atoms with Crippen molar-refractivity contribution in [3.05, 3.63) is 65.5 Å². The van der Waals surface area contributed by atoms with Crippen LogP contribution in [-0.2, 0) is 6.18 Å². The number of nitrogens with zero attached hydrogens (tertiary/aromatic N) is 2. The first-order valence-electron chi connectivity index (χ1n) is 9.46. The molecule has 0 saturated heterocycles. The highest BCUT2D eigenvalue weighted by Crippen LogP contribution is 2.33. The van der Waals surface area contributed by atoms with Gasteiger partial charge in [0.15, 0.2) is 0 Å². The number of anilines is 3. The van der Waals surface area contributed by atoms with Crippen molar-refractivity contribution in [1.82, 2.24) is 14.8 Å². The largest absolute Gasteiger partial charge is 0.416 e. The van der Waals surface area contributed by atoms with E-state index in [0.29, 0.717) is 11.2 Å². The molecule has 0 bridgehead atoms. The number of aromatic amines is 1. The number of nitrogen functional groups attached to an aromatic ring is 1. The van der Waals surface area contributed by atoms with E-state index < -0.39 is 17.5 Å². The van der Waals surface area contributed by atoms with Crippen molar-refractivity contribution >= 4 is 33.9 Å². The molecule has 0 fully saturated rings. The monoisotopic (exact) mass is 426 g/mol. The van der Waals surface area contributed by atoms with Crippen LogP contribution in [0.5, 0.6) is 0 Å². The zero-order chi connectivity index (χ0) is 21.9. The van der Waals surface area contributed by atoms with Crippen molar-refractivity contribution in [3.63, 3.8) is 0 Å². The molecule has 3 heterocycles. The SMILES string of the molecule is CC1Nc2ccc(-n3ncc(C(=O)c4cc5cc(C(F)(F)F)ccc5[nH]4)c3N)cc2N1. The van der Waals surface area contributed by atoms with Crippen molar-refractivity contribution in [2.45, 2.75) is 19.3 Å². The van der Waals surface area contributed by atoms with Gasteiger partial charge in [-0.3, -0.25) is 4.79 Å². The Morgan fingerprint density at radius 2 is 1.87 bits per heavy atom. The summed E-state index contributed by atoms with van der Waals surface area (Å²) in [5.41, 5.74) is 8.65. The van der Waals surface area contributed by atoms with Crippen LogP contribution in [0, 0.1) is 0 Å². The lowest BCUT2D eigenvalue weighted by molar-refractivity contribution is -0.137. The van der Waals surface area contributed by atoms with Gasteiger partial charge in [0.2, 0.25) is 5.78 Å². The van der Waals surface area contributed by atoms with Crippen LogP contribution in [0.15, 0.2) is 48.7 Å². The molecule has 0 saturated carbocycles. The van der Waals surface area contributed by atoms with E-state index in [-0.39, 0.29) is 28.6 Å². The van der Waals surface area contributed by atoms with Crippen LogP contribution in [0.3, 0.4) is 0 Å². The Labute approximate surface area is 174 Å². The standard InChI is InChI=1S/C21H17F3N6O/c1-10-27-16-5-3-13(8-17(16)28-10)30-20(25)14(9-26-30)19(31)18-7-11-6-12(21(22,23)24)2-4-15(11)29-18/h2-10,27-29H,25H2,1H3. The molecular weight excluding hydrogens is 409 g/mol. The van der Waals surface area contributed by atoms with E-state index >= 15 is 0 Å². The van der Waals surface area contributed by atoms with E-state index in [1.807, 2.05) is 25.1 Å². The molecule has 2 aromatic carbocycles. The predicted molar refractivity (Wildman–Crippen MR) is 111 cm³/mol. The first-order valence-corrected chi connectivity index (χ1v) is 9.46. The average Bonchev–Trinajstić information content (AvgIpc) is 3.40. The fourth-order valence-electron chi connectivity index (χ4n) is 3.73. The number of hydrogen-bond acceptors (Lipinski definition) is 5. The van der Waals surface area contributed by atoms with Crippen molar-refractivity contribution < 1.29 is 18.0 Å². The van der Waals surface area contributed by atoms with Gasteiger partial charge in [-0.1, -0.05) is 0 Å². The van der Waals surface area contributed by atoms with Crippen molar-refractivity contribution in [2.75, 3.05) is 16.4 Å². The van der Waals surface area contributed by atoms with E-state index in [4.69, 9.17) is 5.73 Å². The van der Waals surface area contributed by atoms with Crippen LogP contribution in [0.1, 0.15) is 28.5 Å². The third-order valence-electron chi connectivity index (χ3n) is 5.24. The van der Waals surface area contributed by atoms with E-state index in [9.17, 15) is 18.0 Å². The zero-order valence-corrected chi connectivity index (χ0v) is 16.2. The maximum absolute atomic E-state index is 13.0. The Balaban J connectivity index is 1.48. The van der Waals surface area contributed by atoms with Gasteiger partial charge in [-0.15, -0.1) is 0 Å². The highest BCUT2D eigenvalue weighted by molar-refractivity contribution is 6.12. The number of alkyl halides is 3. The van der Waals surface area contributed by atoms with Gasteiger partial charge >= 0.3 is 6.18 Å². The maximum Gasteiger partial charge on any atom is 0.416 e. The van der Waals surface area contributed by atoms with E-state index in [2.05, 4.69) is 20.7 Å². The van der Waals surface area contributed by atoms with Crippen LogP contribution in [0.25, 0.3) is 16.6 Å². The second kappa shape index (κ2) is 6.53. The highest BCUT2D eigenvalue weighted by Gasteiger charge is 2.31. The lowest BCUT2D eigenvalue weighted by Gasteiger charge is -2.07. The third-order valence-corrected chi connectivity index (χ3v) is 5.24. The Morgan fingerprint density at radius 1 is 1.10 bits per heavy atom. The fourth-order valence-corrected chi connectivity index (χ4v) is 3.73. The first-order chi connectivity index (χ1) is 14.7. The van der Waals surface area contributed by atoms with Gasteiger partial charge in [-0.05, 0) is 49.4 Å². The fraction of sp³-hybridized carbons (Fsp3) is 0.143. The summed E-state index contributed by atoms with van der Waals surface area (Å²) in [6.45, 7) is 1.98. The van der Waals surface area contributed by atoms with Crippen LogP contribution < -0.4 is 16.4 Å². The van der Waals surface area contributed by atoms with Crippen molar-refractivity contribution in [1.29, 1.82) is 0 Å². The third kappa shape index (κ3) is 3.16.